The topological polar surface area (TPSA) is 169 Å². The minimum Gasteiger partial charge on any atom is -0.375 e. The van der Waals surface area contributed by atoms with E-state index in [1.165, 1.54) is 21.5 Å². The van der Waals surface area contributed by atoms with Crippen molar-refractivity contribution in [3.8, 4) is 0 Å². The monoisotopic (exact) mass is 842 g/mol. The van der Waals surface area contributed by atoms with Gasteiger partial charge in [0.25, 0.3) is 12.3 Å². The van der Waals surface area contributed by atoms with Crippen LogP contribution >= 0.6 is 0 Å². The molecule has 19 heteroatoms. The van der Waals surface area contributed by atoms with Gasteiger partial charge in [0.1, 0.15) is 17.4 Å². The van der Waals surface area contributed by atoms with Gasteiger partial charge in [0.15, 0.2) is 11.3 Å². The zero-order chi connectivity index (χ0) is 42.5. The van der Waals surface area contributed by atoms with Crippen LogP contribution < -0.4 is 26.1 Å². The number of amides is 3. The fourth-order valence-electron chi connectivity index (χ4n) is 9.86. The highest BCUT2D eigenvalue weighted by molar-refractivity contribution is 6.08. The summed E-state index contributed by atoms with van der Waals surface area (Å²) in [6, 6.07) is 7.24. The van der Waals surface area contributed by atoms with Crippen LogP contribution in [-0.2, 0) is 21.4 Å². The number of morpholine rings is 1. The third-order valence-electron chi connectivity index (χ3n) is 13.1. The van der Waals surface area contributed by atoms with Crippen molar-refractivity contribution in [1.29, 1.82) is 0 Å². The lowest BCUT2D eigenvalue weighted by Gasteiger charge is -2.40. The number of fused-ring (bicyclic) bond motifs is 2. The average molecular weight is 843 g/mol. The van der Waals surface area contributed by atoms with Crippen molar-refractivity contribution in [3.63, 3.8) is 0 Å². The van der Waals surface area contributed by atoms with Gasteiger partial charge >= 0.3 is 5.69 Å². The first-order chi connectivity index (χ1) is 29.4. The number of carbonyl (C=O) groups excluding carboxylic acids is 3. The summed E-state index contributed by atoms with van der Waals surface area (Å²) in [5.74, 6) is -0.209. The molecule has 61 heavy (non-hydrogen) atoms. The second kappa shape index (κ2) is 16.6. The van der Waals surface area contributed by atoms with E-state index in [0.29, 0.717) is 48.6 Å². The number of alkyl halides is 2. The zero-order valence-corrected chi connectivity index (χ0v) is 34.7. The Balaban J connectivity index is 0.801. The van der Waals surface area contributed by atoms with Crippen LogP contribution in [0.4, 0.5) is 26.0 Å². The minimum atomic E-state index is -2.87. The lowest BCUT2D eigenvalue weighted by molar-refractivity contribution is -0.135. The zero-order valence-electron chi connectivity index (χ0n) is 34.7. The molecule has 7 heterocycles. The standard InChI is InChI=1S/C42H52F2N12O5/c1-25-22-53(19-20-61-25)34-15-18-54-39(47-34)29(21-45-54)40(58)46-30-24-55(49-36(30)38(43)44)28-9-7-26(8-10-28)23-50(2)27-13-16-52(17-14-27)31-5-4-6-32-37(31)51(3)42(60)56(32)33-11-12-35(57)48-41(33)59/h4-6,15,18,21,24-28,33,38H,7-14,16-17,19-20,22-23H2,1-3H3,(H,46,58)(H,48,57,59). The van der Waals surface area contributed by atoms with Crippen LogP contribution in [0.25, 0.3) is 16.7 Å². The highest BCUT2D eigenvalue weighted by Crippen LogP contribution is 2.37. The molecule has 17 nitrogen and oxygen atoms in total. The molecule has 3 saturated heterocycles. The Labute approximate surface area is 350 Å². The van der Waals surface area contributed by atoms with Crippen molar-refractivity contribution in [2.24, 2.45) is 13.0 Å². The van der Waals surface area contributed by atoms with E-state index < -0.39 is 30.0 Å². The highest BCUT2D eigenvalue weighted by atomic mass is 19.3. The normalized spacial score (nSPS) is 23.1. The van der Waals surface area contributed by atoms with E-state index in [4.69, 9.17) is 9.72 Å². The third kappa shape index (κ3) is 7.88. The first-order valence-corrected chi connectivity index (χ1v) is 21.3. The highest BCUT2D eigenvalue weighted by Gasteiger charge is 2.34. The van der Waals surface area contributed by atoms with Gasteiger partial charge in [0.2, 0.25) is 11.8 Å². The molecular weight excluding hydrogens is 791 g/mol. The predicted molar refractivity (Wildman–Crippen MR) is 223 cm³/mol. The minimum absolute atomic E-state index is 0.0175. The number of nitrogens with one attached hydrogen (secondary N) is 2. The molecule has 0 radical (unpaired) electrons. The molecule has 4 fully saturated rings. The lowest BCUT2D eigenvalue weighted by Crippen LogP contribution is -2.45. The van der Waals surface area contributed by atoms with E-state index >= 15 is 0 Å². The molecule has 2 N–H and O–H groups in total. The van der Waals surface area contributed by atoms with Crippen LogP contribution in [-0.4, -0.2) is 115 Å². The molecule has 3 amide bonds. The predicted octanol–water partition coefficient (Wildman–Crippen LogP) is 4.30. The van der Waals surface area contributed by atoms with Crippen molar-refractivity contribution in [1.82, 2.24) is 43.7 Å². The Kier molecular flexibility index (Phi) is 11.1. The van der Waals surface area contributed by atoms with E-state index in [0.717, 1.165) is 69.4 Å². The molecule has 5 aromatic rings. The van der Waals surface area contributed by atoms with E-state index in [-0.39, 0.29) is 47.8 Å². The number of nitrogens with zero attached hydrogens (tertiary/aromatic N) is 10. The summed E-state index contributed by atoms with van der Waals surface area (Å²) in [7, 11) is 3.91. The van der Waals surface area contributed by atoms with Gasteiger partial charge in [-0.2, -0.15) is 10.2 Å². The molecule has 1 aliphatic carbocycles. The van der Waals surface area contributed by atoms with Gasteiger partial charge in [-0.25, -0.2) is 23.1 Å². The van der Waals surface area contributed by atoms with Crippen LogP contribution in [0, 0.1) is 5.92 Å². The maximum absolute atomic E-state index is 14.3. The molecule has 1 aromatic carbocycles. The van der Waals surface area contributed by atoms with Crippen LogP contribution in [0.3, 0.4) is 0 Å². The summed E-state index contributed by atoms with van der Waals surface area (Å²) in [6.45, 7) is 6.44. The molecule has 2 atom stereocenters. The number of aromatic nitrogens is 7. The fourth-order valence-corrected chi connectivity index (χ4v) is 9.86. The Morgan fingerprint density at radius 3 is 2.56 bits per heavy atom. The number of halogens is 2. The number of piperidine rings is 2. The van der Waals surface area contributed by atoms with Gasteiger partial charge in [0.05, 0.1) is 47.4 Å². The molecule has 324 valence electrons. The van der Waals surface area contributed by atoms with E-state index in [1.54, 1.807) is 22.5 Å². The Morgan fingerprint density at radius 2 is 1.82 bits per heavy atom. The number of imidazole rings is 1. The number of aryl methyl sites for hydroxylation is 1. The quantitative estimate of drug-likeness (QED) is 0.192. The molecule has 3 aliphatic heterocycles. The summed E-state index contributed by atoms with van der Waals surface area (Å²) >= 11 is 0. The largest absolute Gasteiger partial charge is 0.375 e. The van der Waals surface area contributed by atoms with Crippen LogP contribution in [0.2, 0.25) is 0 Å². The van der Waals surface area contributed by atoms with E-state index in [9.17, 15) is 28.0 Å². The Morgan fingerprint density at radius 1 is 1.03 bits per heavy atom. The van der Waals surface area contributed by atoms with Crippen molar-refractivity contribution in [3.05, 3.63) is 64.6 Å². The summed E-state index contributed by atoms with van der Waals surface area (Å²) in [6.07, 6.45) is 7.64. The lowest BCUT2D eigenvalue weighted by atomic mass is 9.85. The first-order valence-electron chi connectivity index (χ1n) is 21.3. The number of anilines is 3. The average Bonchev–Trinajstić information content (AvgIpc) is 3.95. The number of rotatable bonds is 10. The number of benzene rings is 1. The third-order valence-corrected chi connectivity index (χ3v) is 13.1. The maximum Gasteiger partial charge on any atom is 0.329 e. The van der Waals surface area contributed by atoms with Crippen LogP contribution in [0.15, 0.2) is 47.7 Å². The smallest absolute Gasteiger partial charge is 0.329 e. The summed E-state index contributed by atoms with van der Waals surface area (Å²) in [4.78, 5) is 63.1. The van der Waals surface area contributed by atoms with Gasteiger partial charge in [-0.05, 0) is 83.0 Å². The number of para-hydroxylation sites is 1. The number of hydrogen-bond donors (Lipinski definition) is 2. The Hall–Kier alpha value is -5.69. The Bertz CT molecular complexity index is 2510. The first kappa shape index (κ1) is 40.7. The second-order valence-corrected chi connectivity index (χ2v) is 17.1. The summed E-state index contributed by atoms with van der Waals surface area (Å²) < 4.78 is 40.6. The molecular formula is C42H52F2N12O5. The van der Waals surface area contributed by atoms with E-state index in [2.05, 4.69) is 42.6 Å². The van der Waals surface area contributed by atoms with Gasteiger partial charge in [-0.3, -0.25) is 33.5 Å². The van der Waals surface area contributed by atoms with Gasteiger partial charge in [-0.15, -0.1) is 0 Å². The fraction of sp³-hybridized carbons (Fsp3) is 0.548. The van der Waals surface area contributed by atoms with Crippen LogP contribution in [0.5, 0.6) is 0 Å². The maximum atomic E-state index is 14.3. The molecule has 4 aromatic heterocycles. The number of carbonyl (C=O) groups is 3. The summed E-state index contributed by atoms with van der Waals surface area (Å²) in [5, 5.41) is 13.6. The molecule has 2 unspecified atom stereocenters. The molecule has 9 rings (SSSR count). The van der Waals surface area contributed by atoms with Crippen molar-refractivity contribution < 1.29 is 27.9 Å². The molecule has 1 saturated carbocycles. The molecule has 0 bridgehead atoms. The van der Waals surface area contributed by atoms with Gasteiger partial charge < -0.3 is 24.8 Å². The second-order valence-electron chi connectivity index (χ2n) is 17.1. The van der Waals surface area contributed by atoms with E-state index in [1.807, 2.05) is 31.2 Å². The van der Waals surface area contributed by atoms with Gasteiger partial charge in [-0.1, -0.05) is 6.07 Å². The number of ether oxygens (including phenoxy) is 1. The summed E-state index contributed by atoms with van der Waals surface area (Å²) in [5.41, 5.74) is 2.18. The van der Waals surface area contributed by atoms with Crippen LogP contribution in [0.1, 0.15) is 92.9 Å². The number of hydrogen-bond acceptors (Lipinski definition) is 11. The SMILES string of the molecule is CC1CN(c2ccn3ncc(C(=O)Nc4cn(C5CCC(CN(C)C6CCN(c7cccc8c7n(C)c(=O)n8C7CCC(=O)NC7=O)CC6)CC5)nc4C(F)F)c3n2)CCO1. The van der Waals surface area contributed by atoms with Gasteiger partial charge in [0, 0.05) is 64.6 Å². The van der Waals surface area contributed by atoms with Crippen molar-refractivity contribution in [2.45, 2.75) is 88.9 Å². The van der Waals surface area contributed by atoms with Crippen molar-refractivity contribution >= 4 is 51.6 Å². The number of imide groups is 1. The molecule has 0 spiro atoms. The van der Waals surface area contributed by atoms with Crippen molar-refractivity contribution in [2.75, 3.05) is 61.5 Å². The molecule has 4 aliphatic rings.